The Hall–Kier alpha value is -3.41. The van der Waals surface area contributed by atoms with Crippen molar-refractivity contribution in [3.63, 3.8) is 0 Å². The first-order valence-corrected chi connectivity index (χ1v) is 8.43. The molecule has 0 saturated carbocycles. The summed E-state index contributed by atoms with van der Waals surface area (Å²) in [6.45, 7) is 5.01. The van der Waals surface area contributed by atoms with Crippen molar-refractivity contribution in [3.05, 3.63) is 71.3 Å². The molecule has 0 heterocycles. The number of para-hydroxylation sites is 1. The van der Waals surface area contributed by atoms with Gasteiger partial charge < -0.3 is 15.4 Å². The van der Waals surface area contributed by atoms with Crippen molar-refractivity contribution in [2.75, 3.05) is 17.2 Å². The van der Waals surface area contributed by atoms with E-state index in [1.54, 1.807) is 44.2 Å². The summed E-state index contributed by atoms with van der Waals surface area (Å²) < 4.78 is 4.87. The number of anilines is 2. The molecule has 0 atom stereocenters. The molecular formula is C21H22N2O4. The van der Waals surface area contributed by atoms with Crippen LogP contribution in [0.3, 0.4) is 0 Å². The van der Waals surface area contributed by atoms with E-state index in [0.29, 0.717) is 16.9 Å². The number of hydrogen-bond acceptors (Lipinski definition) is 4. The summed E-state index contributed by atoms with van der Waals surface area (Å²) in [5, 5.41) is 5.40. The zero-order valence-corrected chi connectivity index (χ0v) is 15.5. The van der Waals surface area contributed by atoms with Crippen molar-refractivity contribution in [1.29, 1.82) is 0 Å². The lowest BCUT2D eigenvalue weighted by Crippen LogP contribution is -2.22. The summed E-state index contributed by atoms with van der Waals surface area (Å²) in [6, 6.07) is 14.0. The third-order valence-electron chi connectivity index (χ3n) is 3.47. The number of rotatable bonds is 6. The number of ether oxygens (including phenoxy) is 1. The van der Waals surface area contributed by atoms with E-state index in [9.17, 15) is 14.4 Å². The van der Waals surface area contributed by atoms with Crippen LogP contribution in [0, 0.1) is 6.92 Å². The Morgan fingerprint density at radius 3 is 2.44 bits per heavy atom. The second kappa shape index (κ2) is 9.33. The van der Waals surface area contributed by atoms with Crippen LogP contribution in [0.15, 0.2) is 60.2 Å². The average molecular weight is 366 g/mol. The molecule has 0 aliphatic carbocycles. The smallest absolute Gasteiger partial charge is 0.331 e. The molecular weight excluding hydrogens is 344 g/mol. The van der Waals surface area contributed by atoms with Crippen LogP contribution in [0.1, 0.15) is 29.8 Å². The maximum Gasteiger partial charge on any atom is 0.331 e. The monoisotopic (exact) mass is 366 g/mol. The van der Waals surface area contributed by atoms with Gasteiger partial charge in [-0.25, -0.2) is 4.79 Å². The van der Waals surface area contributed by atoms with E-state index in [-0.39, 0.29) is 5.91 Å². The van der Waals surface area contributed by atoms with Crippen molar-refractivity contribution < 1.29 is 19.1 Å². The highest BCUT2D eigenvalue weighted by Gasteiger charge is 2.14. The van der Waals surface area contributed by atoms with Crippen LogP contribution in [0.5, 0.6) is 0 Å². The van der Waals surface area contributed by atoms with Crippen molar-refractivity contribution >= 4 is 29.2 Å². The Bertz CT molecular complexity index is 883. The second-order valence-corrected chi connectivity index (χ2v) is 6.25. The molecule has 6 nitrogen and oxygen atoms in total. The highest BCUT2D eigenvalue weighted by atomic mass is 16.5. The molecule has 2 amide bonds. The van der Waals surface area contributed by atoms with Crippen molar-refractivity contribution in [3.8, 4) is 0 Å². The SMILES string of the molecule is CC(C)=CC(=O)OCC(=O)Nc1ccccc1C(=O)Nc1cccc(C)c1. The topological polar surface area (TPSA) is 84.5 Å². The lowest BCUT2D eigenvalue weighted by molar-refractivity contribution is -0.142. The minimum Gasteiger partial charge on any atom is -0.452 e. The standard InChI is InChI=1S/C21H22N2O4/c1-14(2)11-20(25)27-13-19(24)23-18-10-5-4-9-17(18)21(26)22-16-8-6-7-15(3)12-16/h4-12H,13H2,1-3H3,(H,22,26)(H,23,24). The Morgan fingerprint density at radius 1 is 1.00 bits per heavy atom. The Balaban J connectivity index is 2.04. The minimum atomic E-state index is -0.587. The maximum atomic E-state index is 12.6. The van der Waals surface area contributed by atoms with Crippen LogP contribution in [-0.2, 0) is 14.3 Å². The number of aryl methyl sites for hydroxylation is 1. The molecule has 2 rings (SSSR count). The molecule has 0 aliphatic rings. The van der Waals surface area contributed by atoms with Gasteiger partial charge in [0.25, 0.3) is 11.8 Å². The van der Waals surface area contributed by atoms with E-state index in [1.165, 1.54) is 6.08 Å². The van der Waals surface area contributed by atoms with Gasteiger partial charge in [-0.2, -0.15) is 0 Å². The number of nitrogens with one attached hydrogen (secondary N) is 2. The lowest BCUT2D eigenvalue weighted by Gasteiger charge is -2.12. The molecule has 0 aliphatic heterocycles. The van der Waals surface area contributed by atoms with Gasteiger partial charge in [-0.15, -0.1) is 0 Å². The van der Waals surface area contributed by atoms with Crippen molar-refractivity contribution in [2.24, 2.45) is 0 Å². The molecule has 27 heavy (non-hydrogen) atoms. The fourth-order valence-electron chi connectivity index (χ4n) is 2.31. The number of carbonyl (C=O) groups is 3. The van der Waals surface area contributed by atoms with Crippen LogP contribution < -0.4 is 10.6 Å². The van der Waals surface area contributed by atoms with E-state index in [0.717, 1.165) is 11.1 Å². The highest BCUT2D eigenvalue weighted by Crippen LogP contribution is 2.18. The van der Waals surface area contributed by atoms with Crippen molar-refractivity contribution in [1.82, 2.24) is 0 Å². The predicted molar refractivity (Wildman–Crippen MR) is 105 cm³/mol. The Morgan fingerprint density at radius 2 is 1.74 bits per heavy atom. The van der Waals surface area contributed by atoms with Gasteiger partial charge in [-0.3, -0.25) is 9.59 Å². The molecule has 0 saturated heterocycles. The van der Waals surface area contributed by atoms with E-state index in [2.05, 4.69) is 10.6 Å². The third-order valence-corrected chi connectivity index (χ3v) is 3.47. The number of carbonyl (C=O) groups excluding carboxylic acids is 3. The molecule has 0 aromatic heterocycles. The highest BCUT2D eigenvalue weighted by molar-refractivity contribution is 6.10. The predicted octanol–water partition coefficient (Wildman–Crippen LogP) is 3.70. The average Bonchev–Trinajstić information content (AvgIpc) is 2.60. The Kier molecular flexibility index (Phi) is 6.88. The van der Waals surface area contributed by atoms with Crippen LogP contribution in [0.25, 0.3) is 0 Å². The van der Waals surface area contributed by atoms with Gasteiger partial charge in [0.2, 0.25) is 0 Å². The number of esters is 1. The summed E-state index contributed by atoms with van der Waals surface area (Å²) in [5.41, 5.74) is 3.11. The summed E-state index contributed by atoms with van der Waals surface area (Å²) in [4.78, 5) is 36.1. The first-order chi connectivity index (χ1) is 12.8. The molecule has 2 aromatic carbocycles. The number of hydrogen-bond donors (Lipinski definition) is 2. The number of benzene rings is 2. The quantitative estimate of drug-likeness (QED) is 0.603. The Labute approximate surface area is 158 Å². The van der Waals surface area contributed by atoms with Gasteiger partial charge in [0.15, 0.2) is 6.61 Å². The van der Waals surface area contributed by atoms with Gasteiger partial charge in [0.05, 0.1) is 11.3 Å². The summed E-state index contributed by atoms with van der Waals surface area (Å²) >= 11 is 0. The first-order valence-electron chi connectivity index (χ1n) is 8.43. The van der Waals surface area contributed by atoms with Gasteiger partial charge in [-0.05, 0) is 50.6 Å². The molecule has 2 N–H and O–H groups in total. The van der Waals surface area contributed by atoms with Crippen LogP contribution in [-0.4, -0.2) is 24.4 Å². The largest absolute Gasteiger partial charge is 0.452 e. The van der Waals surface area contributed by atoms with Crippen molar-refractivity contribution in [2.45, 2.75) is 20.8 Å². The van der Waals surface area contributed by atoms with E-state index >= 15 is 0 Å². The van der Waals surface area contributed by atoms with Crippen LogP contribution >= 0.6 is 0 Å². The molecule has 0 bridgehead atoms. The zero-order chi connectivity index (χ0) is 19.8. The van der Waals surface area contributed by atoms with Gasteiger partial charge >= 0.3 is 5.97 Å². The minimum absolute atomic E-state index is 0.308. The van der Waals surface area contributed by atoms with Gasteiger partial charge in [0, 0.05) is 11.8 Å². The van der Waals surface area contributed by atoms with Crippen LogP contribution in [0.4, 0.5) is 11.4 Å². The maximum absolute atomic E-state index is 12.6. The number of allylic oxidation sites excluding steroid dienone is 1. The lowest BCUT2D eigenvalue weighted by atomic mass is 10.1. The number of amides is 2. The molecule has 2 aromatic rings. The molecule has 0 radical (unpaired) electrons. The van der Waals surface area contributed by atoms with E-state index in [1.807, 2.05) is 25.1 Å². The van der Waals surface area contributed by atoms with E-state index in [4.69, 9.17) is 4.74 Å². The molecule has 0 unspecified atom stereocenters. The summed E-state index contributed by atoms with van der Waals surface area (Å²) in [7, 11) is 0. The molecule has 0 spiro atoms. The molecule has 6 heteroatoms. The first kappa shape index (κ1) is 19.9. The summed E-state index contributed by atoms with van der Waals surface area (Å²) in [6.07, 6.45) is 1.30. The fraction of sp³-hybridized carbons (Fsp3) is 0.190. The zero-order valence-electron chi connectivity index (χ0n) is 15.5. The molecule has 0 fully saturated rings. The third kappa shape index (κ3) is 6.43. The summed E-state index contributed by atoms with van der Waals surface area (Å²) in [5.74, 6) is -1.46. The fourth-order valence-corrected chi connectivity index (χ4v) is 2.31. The van der Waals surface area contributed by atoms with E-state index < -0.39 is 18.5 Å². The normalized spacial score (nSPS) is 9.89. The molecule has 140 valence electrons. The van der Waals surface area contributed by atoms with Gasteiger partial charge in [-0.1, -0.05) is 29.8 Å². The second-order valence-electron chi connectivity index (χ2n) is 6.25. The van der Waals surface area contributed by atoms with Gasteiger partial charge in [0.1, 0.15) is 0 Å². The van der Waals surface area contributed by atoms with Crippen LogP contribution in [0.2, 0.25) is 0 Å².